The van der Waals surface area contributed by atoms with Crippen molar-refractivity contribution >= 4 is 23.4 Å². The van der Waals surface area contributed by atoms with Crippen molar-refractivity contribution in [2.75, 3.05) is 39.3 Å². The van der Waals surface area contributed by atoms with Crippen LogP contribution in [0.3, 0.4) is 0 Å². The number of nitrogens with one attached hydrogen (secondary N) is 1. The lowest BCUT2D eigenvalue weighted by Crippen LogP contribution is -2.51. The second-order valence-corrected chi connectivity index (χ2v) is 7.14. The normalized spacial score (nSPS) is 14.5. The molecule has 2 aromatic rings. The third kappa shape index (κ3) is 6.17. The number of amides is 2. The molecule has 29 heavy (non-hydrogen) atoms. The molecule has 0 spiro atoms. The summed E-state index contributed by atoms with van der Waals surface area (Å²) in [5.41, 5.74) is 0.472. The number of benzene rings is 2. The van der Waals surface area contributed by atoms with Crippen LogP contribution in [-0.4, -0.2) is 60.9 Å². The van der Waals surface area contributed by atoms with E-state index in [1.807, 2.05) is 18.2 Å². The van der Waals surface area contributed by atoms with E-state index in [4.69, 9.17) is 16.3 Å². The molecule has 1 N–H and O–H groups in total. The van der Waals surface area contributed by atoms with Crippen LogP contribution in [0.1, 0.15) is 5.56 Å². The topological polar surface area (TPSA) is 61.9 Å². The molecule has 0 atom stereocenters. The van der Waals surface area contributed by atoms with Gasteiger partial charge >= 0.3 is 0 Å². The van der Waals surface area contributed by atoms with E-state index in [0.29, 0.717) is 49.1 Å². The predicted molar refractivity (Wildman–Crippen MR) is 108 cm³/mol. The number of carbonyl (C=O) groups excluding carboxylic acids is 2. The molecule has 3 rings (SSSR count). The Kier molecular flexibility index (Phi) is 7.43. The molecule has 1 aliphatic rings. The average Bonchev–Trinajstić information content (AvgIpc) is 2.74. The number of hydrogen-bond donors (Lipinski definition) is 1. The molecule has 0 aromatic heterocycles. The highest BCUT2D eigenvalue weighted by Crippen LogP contribution is 2.21. The van der Waals surface area contributed by atoms with Crippen molar-refractivity contribution in [2.24, 2.45) is 0 Å². The van der Waals surface area contributed by atoms with Gasteiger partial charge in [-0.15, -0.1) is 0 Å². The molecule has 6 nitrogen and oxygen atoms in total. The van der Waals surface area contributed by atoms with Crippen molar-refractivity contribution in [3.05, 3.63) is 64.9 Å². The summed E-state index contributed by atoms with van der Waals surface area (Å²) in [5, 5.41) is 2.99. The van der Waals surface area contributed by atoms with Crippen molar-refractivity contribution in [3.63, 3.8) is 0 Å². The molecule has 0 bridgehead atoms. The van der Waals surface area contributed by atoms with Crippen molar-refractivity contribution < 1.29 is 18.7 Å². The Hall–Kier alpha value is -2.64. The van der Waals surface area contributed by atoms with E-state index < -0.39 is 0 Å². The maximum atomic E-state index is 13.9. The standard InChI is InChI=1S/C21H23ClFN3O3/c22-18-7-4-8-19(23)17(18)14-25-9-11-26(12-10-25)21(28)13-24-20(27)15-29-16-5-2-1-3-6-16/h1-8H,9-15H2,(H,24,27). The fourth-order valence-corrected chi connectivity index (χ4v) is 3.29. The predicted octanol–water partition coefficient (Wildman–Crippen LogP) is 2.32. The number of halogens is 2. The Morgan fingerprint density at radius 2 is 1.76 bits per heavy atom. The van der Waals surface area contributed by atoms with Crippen LogP contribution in [0.4, 0.5) is 4.39 Å². The first kappa shape index (κ1) is 21.1. The first-order chi connectivity index (χ1) is 14.0. The van der Waals surface area contributed by atoms with Crippen LogP contribution in [0.25, 0.3) is 0 Å². The van der Waals surface area contributed by atoms with E-state index in [9.17, 15) is 14.0 Å². The summed E-state index contributed by atoms with van der Waals surface area (Å²) in [6.07, 6.45) is 0. The highest BCUT2D eigenvalue weighted by Gasteiger charge is 2.22. The first-order valence-electron chi connectivity index (χ1n) is 9.40. The minimum Gasteiger partial charge on any atom is -0.484 e. The van der Waals surface area contributed by atoms with Crippen LogP contribution in [0, 0.1) is 5.82 Å². The third-order valence-electron chi connectivity index (χ3n) is 4.72. The van der Waals surface area contributed by atoms with Gasteiger partial charge in [0.05, 0.1) is 6.54 Å². The zero-order chi connectivity index (χ0) is 20.6. The van der Waals surface area contributed by atoms with Crippen LogP contribution in [0.15, 0.2) is 48.5 Å². The van der Waals surface area contributed by atoms with Crippen LogP contribution in [-0.2, 0) is 16.1 Å². The second-order valence-electron chi connectivity index (χ2n) is 6.74. The van der Waals surface area contributed by atoms with Gasteiger partial charge < -0.3 is 15.0 Å². The van der Waals surface area contributed by atoms with Gasteiger partial charge in [0.15, 0.2) is 6.61 Å². The van der Waals surface area contributed by atoms with Gasteiger partial charge in [0.25, 0.3) is 5.91 Å². The smallest absolute Gasteiger partial charge is 0.258 e. The van der Waals surface area contributed by atoms with Crippen LogP contribution in [0.2, 0.25) is 5.02 Å². The van der Waals surface area contributed by atoms with Crippen molar-refractivity contribution in [1.29, 1.82) is 0 Å². The van der Waals surface area contributed by atoms with Crippen molar-refractivity contribution in [3.8, 4) is 5.75 Å². The lowest BCUT2D eigenvalue weighted by molar-refractivity contribution is -0.134. The number of hydrogen-bond acceptors (Lipinski definition) is 4. The van der Waals surface area contributed by atoms with Gasteiger partial charge in [0.1, 0.15) is 11.6 Å². The van der Waals surface area contributed by atoms with Crippen LogP contribution >= 0.6 is 11.6 Å². The first-order valence-corrected chi connectivity index (χ1v) is 9.78. The molecule has 0 unspecified atom stereocenters. The van der Waals surface area contributed by atoms with E-state index in [0.717, 1.165) is 0 Å². The molecule has 0 saturated carbocycles. The van der Waals surface area contributed by atoms with Crippen molar-refractivity contribution in [2.45, 2.75) is 6.54 Å². The molecular formula is C21H23ClFN3O3. The lowest BCUT2D eigenvalue weighted by Gasteiger charge is -2.35. The second kappa shape index (κ2) is 10.2. The summed E-state index contributed by atoms with van der Waals surface area (Å²) in [6.45, 7) is 2.44. The van der Waals surface area contributed by atoms with Crippen LogP contribution in [0.5, 0.6) is 5.75 Å². The molecule has 0 aliphatic carbocycles. The molecule has 1 heterocycles. The van der Waals surface area contributed by atoms with Crippen molar-refractivity contribution in [1.82, 2.24) is 15.1 Å². The number of rotatable bonds is 7. The fraction of sp³-hybridized carbons (Fsp3) is 0.333. The SMILES string of the molecule is O=C(COc1ccccc1)NCC(=O)N1CCN(Cc2c(F)cccc2Cl)CC1. The van der Waals surface area contributed by atoms with E-state index in [1.165, 1.54) is 6.07 Å². The zero-order valence-electron chi connectivity index (χ0n) is 15.9. The Morgan fingerprint density at radius 3 is 2.45 bits per heavy atom. The minimum atomic E-state index is -0.352. The Morgan fingerprint density at radius 1 is 1.03 bits per heavy atom. The maximum Gasteiger partial charge on any atom is 0.258 e. The van der Waals surface area contributed by atoms with Gasteiger partial charge in [-0.2, -0.15) is 0 Å². The highest BCUT2D eigenvalue weighted by atomic mass is 35.5. The number of piperazine rings is 1. The van der Waals surface area contributed by atoms with E-state index in [2.05, 4.69) is 10.2 Å². The Labute approximate surface area is 174 Å². The minimum absolute atomic E-state index is 0.0733. The number of nitrogens with zero attached hydrogens (tertiary/aromatic N) is 2. The van der Waals surface area contributed by atoms with Gasteiger partial charge in [0.2, 0.25) is 5.91 Å². The highest BCUT2D eigenvalue weighted by molar-refractivity contribution is 6.31. The Balaban J connectivity index is 1.38. The van der Waals surface area contributed by atoms with Gasteiger partial charge in [0, 0.05) is 43.3 Å². The van der Waals surface area contributed by atoms with Gasteiger partial charge in [-0.1, -0.05) is 35.9 Å². The monoisotopic (exact) mass is 419 g/mol. The summed E-state index contributed by atoms with van der Waals surface area (Å²) >= 11 is 6.08. The summed E-state index contributed by atoms with van der Waals surface area (Å²) in [5.74, 6) is -0.229. The van der Waals surface area contributed by atoms with Crippen LogP contribution < -0.4 is 10.1 Å². The molecular weight excluding hydrogens is 397 g/mol. The number of para-hydroxylation sites is 1. The van der Waals surface area contributed by atoms with E-state index >= 15 is 0 Å². The van der Waals surface area contributed by atoms with Gasteiger partial charge in [-0.25, -0.2) is 4.39 Å². The lowest BCUT2D eigenvalue weighted by atomic mass is 10.2. The Bertz CT molecular complexity index is 822. The number of carbonyl (C=O) groups is 2. The number of ether oxygens (including phenoxy) is 1. The average molecular weight is 420 g/mol. The maximum absolute atomic E-state index is 13.9. The summed E-state index contributed by atoms with van der Waals surface area (Å²) in [7, 11) is 0. The van der Waals surface area contributed by atoms with Gasteiger partial charge in [-0.3, -0.25) is 14.5 Å². The molecule has 8 heteroatoms. The molecule has 154 valence electrons. The summed E-state index contributed by atoms with van der Waals surface area (Å²) in [6, 6.07) is 13.6. The summed E-state index contributed by atoms with van der Waals surface area (Å²) in [4.78, 5) is 27.9. The molecule has 2 aromatic carbocycles. The quantitative estimate of drug-likeness (QED) is 0.748. The van der Waals surface area contributed by atoms with Gasteiger partial charge in [-0.05, 0) is 24.3 Å². The molecule has 1 fully saturated rings. The van der Waals surface area contributed by atoms with E-state index in [1.54, 1.807) is 29.2 Å². The van der Waals surface area contributed by atoms with E-state index in [-0.39, 0.29) is 30.8 Å². The zero-order valence-corrected chi connectivity index (χ0v) is 16.7. The molecule has 0 radical (unpaired) electrons. The third-order valence-corrected chi connectivity index (χ3v) is 5.07. The molecule has 2 amide bonds. The molecule has 1 aliphatic heterocycles. The summed E-state index contributed by atoms with van der Waals surface area (Å²) < 4.78 is 19.3. The molecule has 1 saturated heterocycles. The largest absolute Gasteiger partial charge is 0.484 e. The fourth-order valence-electron chi connectivity index (χ4n) is 3.07.